The standard InChI is InChI=1S/C6H7NO3/c1-4-5(8)2-3-7(10)6(4)9/h2-3,8,10H,1H3. The molecular weight excluding hydrogens is 134 g/mol. The lowest BCUT2D eigenvalue weighted by molar-refractivity contribution is 0.173. The van der Waals surface area contributed by atoms with E-state index in [-0.39, 0.29) is 11.3 Å². The third-order valence-corrected chi connectivity index (χ3v) is 1.29. The van der Waals surface area contributed by atoms with Gasteiger partial charge in [-0.05, 0) is 6.92 Å². The number of hydrogen-bond acceptors (Lipinski definition) is 3. The molecule has 0 aromatic carbocycles. The highest BCUT2D eigenvalue weighted by Crippen LogP contribution is 2.07. The number of hydrogen-bond donors (Lipinski definition) is 2. The zero-order valence-electron chi connectivity index (χ0n) is 5.40. The van der Waals surface area contributed by atoms with Crippen molar-refractivity contribution in [2.45, 2.75) is 6.92 Å². The SMILES string of the molecule is Cc1c(O)ccn(O)c1=O. The second-order valence-electron chi connectivity index (χ2n) is 1.98. The van der Waals surface area contributed by atoms with Crippen molar-refractivity contribution in [2.75, 3.05) is 0 Å². The van der Waals surface area contributed by atoms with Gasteiger partial charge in [-0.1, -0.05) is 0 Å². The Bertz CT molecular complexity index is 302. The molecule has 0 saturated heterocycles. The number of nitrogens with zero attached hydrogens (tertiary/aromatic N) is 1. The van der Waals surface area contributed by atoms with Gasteiger partial charge in [-0.3, -0.25) is 4.79 Å². The fourth-order valence-corrected chi connectivity index (χ4v) is 0.615. The van der Waals surface area contributed by atoms with Crippen LogP contribution in [0.2, 0.25) is 0 Å². The first-order chi connectivity index (χ1) is 4.63. The van der Waals surface area contributed by atoms with Gasteiger partial charge in [0.25, 0.3) is 5.56 Å². The van der Waals surface area contributed by atoms with Crippen LogP contribution in [0.15, 0.2) is 17.1 Å². The van der Waals surface area contributed by atoms with E-state index >= 15 is 0 Å². The van der Waals surface area contributed by atoms with Gasteiger partial charge in [0.1, 0.15) is 5.75 Å². The molecule has 0 aliphatic rings. The summed E-state index contributed by atoms with van der Waals surface area (Å²) >= 11 is 0. The molecule has 2 N–H and O–H groups in total. The van der Waals surface area contributed by atoms with Crippen molar-refractivity contribution in [3.05, 3.63) is 28.2 Å². The lowest BCUT2D eigenvalue weighted by Gasteiger charge is -1.97. The van der Waals surface area contributed by atoms with E-state index in [0.717, 1.165) is 6.20 Å². The predicted octanol–water partition coefficient (Wildman–Crippen LogP) is 0.0996. The molecule has 0 atom stereocenters. The summed E-state index contributed by atoms with van der Waals surface area (Å²) in [4.78, 5) is 10.7. The molecule has 10 heavy (non-hydrogen) atoms. The lowest BCUT2D eigenvalue weighted by atomic mass is 10.3. The third kappa shape index (κ3) is 0.834. The molecule has 0 fully saturated rings. The van der Waals surface area contributed by atoms with Gasteiger partial charge in [0, 0.05) is 6.07 Å². The third-order valence-electron chi connectivity index (χ3n) is 1.29. The van der Waals surface area contributed by atoms with E-state index in [1.54, 1.807) is 0 Å². The lowest BCUT2D eigenvalue weighted by Crippen LogP contribution is -2.18. The van der Waals surface area contributed by atoms with Crippen LogP contribution in [0, 0.1) is 6.92 Å². The van der Waals surface area contributed by atoms with E-state index in [1.807, 2.05) is 0 Å². The fraction of sp³-hybridized carbons (Fsp3) is 0.167. The molecule has 0 spiro atoms. The molecule has 1 aromatic rings. The van der Waals surface area contributed by atoms with Gasteiger partial charge >= 0.3 is 0 Å². The molecular formula is C6H7NO3. The number of aromatic nitrogens is 1. The largest absolute Gasteiger partial charge is 0.507 e. The van der Waals surface area contributed by atoms with Crippen molar-refractivity contribution >= 4 is 0 Å². The van der Waals surface area contributed by atoms with E-state index in [2.05, 4.69) is 0 Å². The molecule has 1 aromatic heterocycles. The Hall–Kier alpha value is -1.45. The van der Waals surface area contributed by atoms with Crippen LogP contribution in [0.4, 0.5) is 0 Å². The molecule has 1 rings (SSSR count). The van der Waals surface area contributed by atoms with Gasteiger partial charge in [0.15, 0.2) is 0 Å². The van der Waals surface area contributed by atoms with Crippen molar-refractivity contribution in [3.63, 3.8) is 0 Å². The molecule has 0 bridgehead atoms. The second kappa shape index (κ2) is 2.06. The zero-order chi connectivity index (χ0) is 7.72. The molecule has 0 aliphatic carbocycles. The van der Waals surface area contributed by atoms with Crippen molar-refractivity contribution in [3.8, 4) is 5.75 Å². The predicted molar refractivity (Wildman–Crippen MR) is 34.3 cm³/mol. The summed E-state index contributed by atoms with van der Waals surface area (Å²) in [7, 11) is 0. The average Bonchev–Trinajstić information content (AvgIpc) is 1.93. The first-order valence-corrected chi connectivity index (χ1v) is 2.73. The quantitative estimate of drug-likeness (QED) is 0.503. The maximum absolute atomic E-state index is 10.7. The summed E-state index contributed by atoms with van der Waals surface area (Å²) in [6.45, 7) is 1.43. The van der Waals surface area contributed by atoms with E-state index in [9.17, 15) is 4.79 Å². The monoisotopic (exact) mass is 141 g/mol. The van der Waals surface area contributed by atoms with Crippen LogP contribution in [0.5, 0.6) is 5.75 Å². The highest BCUT2D eigenvalue weighted by atomic mass is 16.5. The first-order valence-electron chi connectivity index (χ1n) is 2.73. The molecule has 4 nitrogen and oxygen atoms in total. The summed E-state index contributed by atoms with van der Waals surface area (Å²) in [6, 6.07) is 1.25. The minimum atomic E-state index is -0.597. The Morgan fingerprint density at radius 3 is 2.70 bits per heavy atom. The zero-order valence-corrected chi connectivity index (χ0v) is 5.40. The topological polar surface area (TPSA) is 62.5 Å². The van der Waals surface area contributed by atoms with Gasteiger partial charge in [-0.2, -0.15) is 4.73 Å². The minimum Gasteiger partial charge on any atom is -0.507 e. The van der Waals surface area contributed by atoms with Crippen molar-refractivity contribution in [1.82, 2.24) is 4.73 Å². The maximum atomic E-state index is 10.7. The number of rotatable bonds is 0. The van der Waals surface area contributed by atoms with E-state index in [0.29, 0.717) is 4.73 Å². The summed E-state index contributed by atoms with van der Waals surface area (Å²) in [5.41, 5.74) is -0.454. The normalized spacial score (nSPS) is 9.70. The minimum absolute atomic E-state index is 0.102. The van der Waals surface area contributed by atoms with Gasteiger partial charge in [-0.15, -0.1) is 0 Å². The summed E-state index contributed by atoms with van der Waals surface area (Å²) in [6.07, 6.45) is 1.09. The highest BCUT2D eigenvalue weighted by Gasteiger charge is 2.01. The first kappa shape index (κ1) is 6.67. The van der Waals surface area contributed by atoms with Gasteiger partial charge in [0.2, 0.25) is 0 Å². The maximum Gasteiger partial charge on any atom is 0.289 e. The van der Waals surface area contributed by atoms with E-state index in [4.69, 9.17) is 10.3 Å². The van der Waals surface area contributed by atoms with Crippen molar-refractivity contribution < 1.29 is 10.3 Å². The molecule has 54 valence electrons. The van der Waals surface area contributed by atoms with Gasteiger partial charge < -0.3 is 10.3 Å². The number of aromatic hydroxyl groups is 1. The van der Waals surface area contributed by atoms with Crippen molar-refractivity contribution in [1.29, 1.82) is 0 Å². The molecule has 0 saturated carbocycles. The fourth-order valence-electron chi connectivity index (χ4n) is 0.615. The Kier molecular flexibility index (Phi) is 1.37. The van der Waals surface area contributed by atoms with Crippen LogP contribution in [0.3, 0.4) is 0 Å². The van der Waals surface area contributed by atoms with Crippen molar-refractivity contribution in [2.24, 2.45) is 0 Å². The smallest absolute Gasteiger partial charge is 0.289 e. The van der Waals surface area contributed by atoms with E-state index < -0.39 is 5.56 Å². The van der Waals surface area contributed by atoms with Gasteiger partial charge in [0.05, 0.1) is 11.8 Å². The van der Waals surface area contributed by atoms with Crippen LogP contribution in [0.25, 0.3) is 0 Å². The molecule has 4 heteroatoms. The van der Waals surface area contributed by atoms with Crippen LogP contribution in [0.1, 0.15) is 5.56 Å². The molecule has 0 radical (unpaired) electrons. The Balaban J connectivity index is 3.50. The molecule has 0 amide bonds. The number of pyridine rings is 1. The average molecular weight is 141 g/mol. The van der Waals surface area contributed by atoms with Crippen LogP contribution >= 0.6 is 0 Å². The Morgan fingerprint density at radius 2 is 2.20 bits per heavy atom. The van der Waals surface area contributed by atoms with Gasteiger partial charge in [-0.25, -0.2) is 0 Å². The Labute approximate surface area is 56.9 Å². The highest BCUT2D eigenvalue weighted by molar-refractivity contribution is 5.26. The summed E-state index contributed by atoms with van der Waals surface area (Å²) in [5.74, 6) is -0.102. The van der Waals surface area contributed by atoms with Crippen LogP contribution in [-0.4, -0.2) is 15.0 Å². The Morgan fingerprint density at radius 1 is 1.60 bits per heavy atom. The molecule has 0 unspecified atom stereocenters. The van der Waals surface area contributed by atoms with Crippen LogP contribution < -0.4 is 5.56 Å². The van der Waals surface area contributed by atoms with Crippen LogP contribution in [-0.2, 0) is 0 Å². The second-order valence-corrected chi connectivity index (χ2v) is 1.98. The molecule has 1 heterocycles. The summed E-state index contributed by atoms with van der Waals surface area (Å²) in [5, 5.41) is 17.6. The summed E-state index contributed by atoms with van der Waals surface area (Å²) < 4.78 is 0.426. The molecule has 0 aliphatic heterocycles. The van der Waals surface area contributed by atoms with E-state index in [1.165, 1.54) is 13.0 Å².